The molecule has 0 spiro atoms. The number of para-hydroxylation sites is 1. The molecule has 0 atom stereocenters. The highest BCUT2D eigenvalue weighted by atomic mass is 16.2. The molecule has 1 aliphatic heterocycles. The van der Waals surface area contributed by atoms with Crippen molar-refractivity contribution >= 4 is 6.03 Å². The van der Waals surface area contributed by atoms with E-state index in [0.717, 1.165) is 43.1 Å². The third-order valence-corrected chi connectivity index (χ3v) is 3.84. The van der Waals surface area contributed by atoms with E-state index >= 15 is 0 Å². The minimum absolute atomic E-state index is 0.0194. The van der Waals surface area contributed by atoms with Crippen molar-refractivity contribution < 1.29 is 4.79 Å². The molecule has 0 radical (unpaired) electrons. The second-order valence-corrected chi connectivity index (χ2v) is 5.32. The van der Waals surface area contributed by atoms with Crippen LogP contribution < -0.4 is 5.32 Å². The second-order valence-electron chi connectivity index (χ2n) is 5.32. The van der Waals surface area contributed by atoms with Crippen molar-refractivity contribution in [2.45, 2.75) is 26.3 Å². The molecular formula is C16H20N4O. The van der Waals surface area contributed by atoms with Gasteiger partial charge in [0, 0.05) is 18.8 Å². The smallest absolute Gasteiger partial charge is 0.317 e. The number of carbonyl (C=O) groups is 1. The molecular weight excluding hydrogens is 264 g/mol. The van der Waals surface area contributed by atoms with Crippen LogP contribution in [0, 0.1) is 6.92 Å². The summed E-state index contributed by atoms with van der Waals surface area (Å²) in [6.07, 6.45) is 4.04. The largest absolute Gasteiger partial charge is 0.332 e. The van der Waals surface area contributed by atoms with E-state index in [2.05, 4.69) is 14.9 Å². The molecule has 1 fully saturated rings. The normalized spacial score (nSPS) is 14.4. The molecule has 0 aliphatic carbocycles. The zero-order chi connectivity index (χ0) is 14.7. The molecule has 3 rings (SSSR count). The molecule has 5 heteroatoms. The molecule has 5 nitrogen and oxygen atoms in total. The summed E-state index contributed by atoms with van der Waals surface area (Å²) < 4.78 is 2.07. The number of carbonyl (C=O) groups excluding carboxylic acids is 1. The molecule has 0 unspecified atom stereocenters. The second kappa shape index (κ2) is 5.99. The number of likely N-dealkylation sites (tertiary alicyclic amines) is 1. The molecule has 1 N–H and O–H groups in total. The predicted octanol–water partition coefficient (Wildman–Crippen LogP) is 2.49. The minimum Gasteiger partial charge on any atom is -0.332 e. The van der Waals surface area contributed by atoms with Crippen molar-refractivity contribution in [2.24, 2.45) is 0 Å². The lowest BCUT2D eigenvalue weighted by molar-refractivity contribution is 0.208. The Kier molecular flexibility index (Phi) is 3.90. The highest BCUT2D eigenvalue weighted by Gasteiger charge is 2.18. The molecule has 110 valence electrons. The van der Waals surface area contributed by atoms with Gasteiger partial charge in [-0.15, -0.1) is 0 Å². The van der Waals surface area contributed by atoms with Crippen LogP contribution in [0.4, 0.5) is 4.79 Å². The van der Waals surface area contributed by atoms with Gasteiger partial charge in [-0.05, 0) is 31.9 Å². The van der Waals surface area contributed by atoms with Crippen LogP contribution in [-0.4, -0.2) is 33.6 Å². The van der Waals surface area contributed by atoms with Gasteiger partial charge >= 0.3 is 6.03 Å². The van der Waals surface area contributed by atoms with Crippen LogP contribution in [-0.2, 0) is 6.54 Å². The van der Waals surface area contributed by atoms with Gasteiger partial charge in [0.15, 0.2) is 0 Å². The average Bonchev–Trinajstić information content (AvgIpc) is 3.15. The summed E-state index contributed by atoms with van der Waals surface area (Å²) in [5, 5.41) is 2.99. The first-order chi connectivity index (χ1) is 10.3. The molecule has 0 bridgehead atoms. The van der Waals surface area contributed by atoms with Gasteiger partial charge < -0.3 is 10.2 Å². The zero-order valence-corrected chi connectivity index (χ0v) is 12.2. The van der Waals surface area contributed by atoms with Crippen molar-refractivity contribution in [3.63, 3.8) is 0 Å². The topological polar surface area (TPSA) is 50.2 Å². The van der Waals surface area contributed by atoms with Crippen LogP contribution >= 0.6 is 0 Å². The number of hydrogen-bond donors (Lipinski definition) is 1. The number of urea groups is 1. The fourth-order valence-electron chi connectivity index (χ4n) is 2.74. The molecule has 1 aliphatic rings. The van der Waals surface area contributed by atoms with Crippen molar-refractivity contribution in [3.8, 4) is 5.69 Å². The number of aromatic nitrogens is 2. The van der Waals surface area contributed by atoms with Gasteiger partial charge in [0.25, 0.3) is 0 Å². The first-order valence-electron chi connectivity index (χ1n) is 7.37. The van der Waals surface area contributed by atoms with Gasteiger partial charge in [-0.2, -0.15) is 0 Å². The van der Waals surface area contributed by atoms with Crippen molar-refractivity contribution in [1.29, 1.82) is 0 Å². The standard InChI is InChI=1S/C16H20N4O/c1-13-17-11-15(20(13)14-7-3-2-4-8-14)12-18-16(21)19-9-5-6-10-19/h2-4,7-8,11H,5-6,9-10,12H2,1H3,(H,18,21). The summed E-state index contributed by atoms with van der Waals surface area (Å²) >= 11 is 0. The van der Waals surface area contributed by atoms with E-state index in [-0.39, 0.29) is 6.03 Å². The molecule has 21 heavy (non-hydrogen) atoms. The molecule has 1 aromatic carbocycles. The maximum atomic E-state index is 12.1. The Morgan fingerprint density at radius 2 is 1.95 bits per heavy atom. The first kappa shape index (κ1) is 13.7. The van der Waals surface area contributed by atoms with E-state index in [1.54, 1.807) is 0 Å². The summed E-state index contributed by atoms with van der Waals surface area (Å²) in [4.78, 5) is 18.3. The molecule has 2 heterocycles. The Labute approximate surface area is 124 Å². The van der Waals surface area contributed by atoms with E-state index in [1.807, 2.05) is 48.4 Å². The number of benzene rings is 1. The van der Waals surface area contributed by atoms with Gasteiger partial charge in [-0.25, -0.2) is 9.78 Å². The lowest BCUT2D eigenvalue weighted by Crippen LogP contribution is -2.37. The summed E-state index contributed by atoms with van der Waals surface area (Å²) in [5.41, 5.74) is 2.06. The number of amides is 2. The van der Waals surface area contributed by atoms with Crippen molar-refractivity contribution in [2.75, 3.05) is 13.1 Å². The number of nitrogens with one attached hydrogen (secondary N) is 1. The maximum Gasteiger partial charge on any atom is 0.317 e. The Morgan fingerprint density at radius 1 is 1.24 bits per heavy atom. The minimum atomic E-state index is 0.0194. The maximum absolute atomic E-state index is 12.1. The fourth-order valence-corrected chi connectivity index (χ4v) is 2.74. The lowest BCUT2D eigenvalue weighted by Gasteiger charge is -2.17. The SMILES string of the molecule is Cc1ncc(CNC(=O)N2CCCC2)n1-c1ccccc1. The van der Waals surface area contributed by atoms with Gasteiger partial charge in [0.2, 0.25) is 0 Å². The van der Waals surface area contributed by atoms with Crippen molar-refractivity contribution in [3.05, 3.63) is 48.0 Å². The van der Waals surface area contributed by atoms with Crippen molar-refractivity contribution in [1.82, 2.24) is 19.8 Å². The lowest BCUT2D eigenvalue weighted by atomic mass is 10.3. The Bertz CT molecular complexity index is 614. The quantitative estimate of drug-likeness (QED) is 0.941. The summed E-state index contributed by atoms with van der Waals surface area (Å²) in [5.74, 6) is 0.923. The van der Waals surface area contributed by atoms with E-state index in [9.17, 15) is 4.79 Å². The number of nitrogens with zero attached hydrogens (tertiary/aromatic N) is 3. The third-order valence-electron chi connectivity index (χ3n) is 3.84. The van der Waals surface area contributed by atoms with Crippen LogP contribution in [0.25, 0.3) is 5.69 Å². The zero-order valence-electron chi connectivity index (χ0n) is 12.2. The molecule has 0 saturated carbocycles. The van der Waals surface area contributed by atoms with E-state index in [1.165, 1.54) is 0 Å². The molecule has 1 aromatic heterocycles. The van der Waals surface area contributed by atoms with Crippen LogP contribution in [0.15, 0.2) is 36.5 Å². The number of aryl methyl sites for hydroxylation is 1. The van der Waals surface area contributed by atoms with Crippen LogP contribution in [0.2, 0.25) is 0 Å². The van der Waals surface area contributed by atoms with Gasteiger partial charge in [0.1, 0.15) is 5.82 Å². The van der Waals surface area contributed by atoms with E-state index < -0.39 is 0 Å². The highest BCUT2D eigenvalue weighted by Crippen LogP contribution is 2.14. The third kappa shape index (κ3) is 2.91. The summed E-state index contributed by atoms with van der Waals surface area (Å²) in [6, 6.07) is 10.1. The van der Waals surface area contributed by atoms with E-state index in [4.69, 9.17) is 0 Å². The van der Waals surface area contributed by atoms with E-state index in [0.29, 0.717) is 6.54 Å². The van der Waals surface area contributed by atoms with Gasteiger partial charge in [-0.3, -0.25) is 4.57 Å². The fraction of sp³-hybridized carbons (Fsp3) is 0.375. The first-order valence-corrected chi connectivity index (χ1v) is 7.37. The Morgan fingerprint density at radius 3 is 2.67 bits per heavy atom. The summed E-state index contributed by atoms with van der Waals surface area (Å²) in [6.45, 7) is 4.19. The number of imidazole rings is 1. The number of hydrogen-bond acceptors (Lipinski definition) is 2. The number of rotatable bonds is 3. The van der Waals surface area contributed by atoms with Gasteiger partial charge in [0.05, 0.1) is 18.4 Å². The molecule has 1 saturated heterocycles. The molecule has 2 aromatic rings. The highest BCUT2D eigenvalue weighted by molar-refractivity contribution is 5.74. The van der Waals surface area contributed by atoms with Crippen LogP contribution in [0.3, 0.4) is 0 Å². The Hall–Kier alpha value is -2.30. The predicted molar refractivity (Wildman–Crippen MR) is 81.3 cm³/mol. The summed E-state index contributed by atoms with van der Waals surface area (Å²) in [7, 11) is 0. The molecule has 2 amide bonds. The van der Waals surface area contributed by atoms with Crippen LogP contribution in [0.1, 0.15) is 24.4 Å². The average molecular weight is 284 g/mol. The van der Waals surface area contributed by atoms with Gasteiger partial charge in [-0.1, -0.05) is 18.2 Å². The Balaban J connectivity index is 1.73. The van der Waals surface area contributed by atoms with Crippen LogP contribution in [0.5, 0.6) is 0 Å². The monoisotopic (exact) mass is 284 g/mol.